The predicted octanol–water partition coefficient (Wildman–Crippen LogP) is 5.75. The molecule has 0 fully saturated rings. The minimum absolute atomic E-state index is 0.959. The molecule has 0 aliphatic rings. The summed E-state index contributed by atoms with van der Waals surface area (Å²) in [6, 6.07) is 33.1. The van der Waals surface area contributed by atoms with E-state index in [4.69, 9.17) is 5.10 Å². The zero-order chi connectivity index (χ0) is 18.1. The standard InChI is InChI=1S/C24H17N3/c1-3-8-18(9-4-1)23-17-24(19-10-5-2-6-11-19)27(26-23)21-13-14-22-20(16-21)12-7-15-25-22/h1-17H. The lowest BCUT2D eigenvalue weighted by molar-refractivity contribution is 0.893. The maximum absolute atomic E-state index is 4.93. The van der Waals surface area contributed by atoms with Crippen molar-refractivity contribution in [2.45, 2.75) is 0 Å². The molecule has 0 bridgehead atoms. The van der Waals surface area contributed by atoms with Crippen molar-refractivity contribution < 1.29 is 0 Å². The van der Waals surface area contributed by atoms with Gasteiger partial charge in [0.1, 0.15) is 0 Å². The van der Waals surface area contributed by atoms with E-state index < -0.39 is 0 Å². The van der Waals surface area contributed by atoms with Gasteiger partial charge in [0, 0.05) is 22.7 Å². The maximum atomic E-state index is 4.93. The first-order valence-electron chi connectivity index (χ1n) is 8.94. The molecule has 0 amide bonds. The number of hydrogen-bond acceptors (Lipinski definition) is 2. The minimum atomic E-state index is 0.959. The molecule has 0 aliphatic heterocycles. The van der Waals surface area contributed by atoms with Crippen molar-refractivity contribution in [1.29, 1.82) is 0 Å². The van der Waals surface area contributed by atoms with Gasteiger partial charge in [-0.1, -0.05) is 66.7 Å². The summed E-state index contributed by atoms with van der Waals surface area (Å²) in [5, 5.41) is 6.03. The Kier molecular flexibility index (Phi) is 3.76. The lowest BCUT2D eigenvalue weighted by Gasteiger charge is -2.08. The van der Waals surface area contributed by atoms with Gasteiger partial charge >= 0.3 is 0 Å². The quantitative estimate of drug-likeness (QED) is 0.416. The molecule has 0 N–H and O–H groups in total. The molecule has 0 saturated carbocycles. The number of rotatable bonds is 3. The third-order valence-corrected chi connectivity index (χ3v) is 4.68. The van der Waals surface area contributed by atoms with Crippen LogP contribution >= 0.6 is 0 Å². The van der Waals surface area contributed by atoms with E-state index in [2.05, 4.69) is 65.6 Å². The van der Waals surface area contributed by atoms with Crippen LogP contribution in [0.25, 0.3) is 39.1 Å². The van der Waals surface area contributed by atoms with Gasteiger partial charge in [0.15, 0.2) is 0 Å². The Balaban J connectivity index is 1.73. The topological polar surface area (TPSA) is 30.7 Å². The van der Waals surface area contributed by atoms with Gasteiger partial charge in [-0.2, -0.15) is 5.10 Å². The maximum Gasteiger partial charge on any atom is 0.0934 e. The van der Waals surface area contributed by atoms with Crippen LogP contribution in [0.4, 0.5) is 0 Å². The van der Waals surface area contributed by atoms with E-state index in [1.165, 1.54) is 0 Å². The first-order chi connectivity index (χ1) is 13.4. The third kappa shape index (κ3) is 2.89. The average molecular weight is 347 g/mol. The number of benzene rings is 3. The number of aromatic nitrogens is 3. The van der Waals surface area contributed by atoms with Gasteiger partial charge < -0.3 is 0 Å². The molecule has 3 aromatic carbocycles. The first kappa shape index (κ1) is 15.5. The Bertz CT molecular complexity index is 1210. The van der Waals surface area contributed by atoms with Gasteiger partial charge in [0.2, 0.25) is 0 Å². The largest absolute Gasteiger partial charge is 0.256 e. The zero-order valence-electron chi connectivity index (χ0n) is 14.7. The highest BCUT2D eigenvalue weighted by atomic mass is 15.3. The summed E-state index contributed by atoms with van der Waals surface area (Å²) < 4.78 is 2.02. The predicted molar refractivity (Wildman–Crippen MR) is 110 cm³/mol. The van der Waals surface area contributed by atoms with Crippen molar-refractivity contribution in [1.82, 2.24) is 14.8 Å². The van der Waals surface area contributed by atoms with Crippen molar-refractivity contribution in [2.75, 3.05) is 0 Å². The fourth-order valence-corrected chi connectivity index (χ4v) is 3.34. The molecule has 3 heteroatoms. The van der Waals surface area contributed by atoms with Crippen LogP contribution in [0.2, 0.25) is 0 Å². The summed E-state index contributed by atoms with van der Waals surface area (Å²) in [7, 11) is 0. The Morgan fingerprint density at radius 1 is 0.630 bits per heavy atom. The second-order valence-electron chi connectivity index (χ2n) is 6.44. The zero-order valence-corrected chi connectivity index (χ0v) is 14.7. The molecule has 0 atom stereocenters. The van der Waals surface area contributed by atoms with Crippen LogP contribution in [0.1, 0.15) is 0 Å². The first-order valence-corrected chi connectivity index (χ1v) is 8.94. The van der Waals surface area contributed by atoms with E-state index in [1.54, 1.807) is 0 Å². The molecule has 0 radical (unpaired) electrons. The molecule has 3 nitrogen and oxygen atoms in total. The second kappa shape index (κ2) is 6.54. The lowest BCUT2D eigenvalue weighted by Crippen LogP contribution is -1.99. The van der Waals surface area contributed by atoms with Crippen molar-refractivity contribution in [3.05, 3.63) is 103 Å². The molecular weight excluding hydrogens is 330 g/mol. The number of nitrogens with zero attached hydrogens (tertiary/aromatic N) is 3. The highest BCUT2D eigenvalue weighted by molar-refractivity contribution is 5.81. The molecule has 5 rings (SSSR count). The number of hydrogen-bond donors (Lipinski definition) is 0. The van der Waals surface area contributed by atoms with Gasteiger partial charge in [-0.3, -0.25) is 4.98 Å². The van der Waals surface area contributed by atoms with E-state index >= 15 is 0 Å². The van der Waals surface area contributed by atoms with Gasteiger partial charge in [0.25, 0.3) is 0 Å². The molecule has 5 aromatic rings. The van der Waals surface area contributed by atoms with Crippen LogP contribution in [0.15, 0.2) is 103 Å². The molecule has 0 aliphatic carbocycles. The summed E-state index contributed by atoms with van der Waals surface area (Å²) in [4.78, 5) is 4.42. The van der Waals surface area contributed by atoms with Crippen LogP contribution < -0.4 is 0 Å². The van der Waals surface area contributed by atoms with Crippen LogP contribution in [0.5, 0.6) is 0 Å². The van der Waals surface area contributed by atoms with E-state index in [-0.39, 0.29) is 0 Å². The van der Waals surface area contributed by atoms with Gasteiger partial charge in [-0.25, -0.2) is 4.68 Å². The fraction of sp³-hybridized carbons (Fsp3) is 0. The molecular formula is C24H17N3. The highest BCUT2D eigenvalue weighted by Gasteiger charge is 2.13. The van der Waals surface area contributed by atoms with Crippen molar-refractivity contribution >= 4 is 10.9 Å². The second-order valence-corrected chi connectivity index (χ2v) is 6.44. The molecule has 0 unspecified atom stereocenters. The Hall–Kier alpha value is -3.72. The monoisotopic (exact) mass is 347 g/mol. The highest BCUT2D eigenvalue weighted by Crippen LogP contribution is 2.29. The molecule has 0 spiro atoms. The van der Waals surface area contributed by atoms with Crippen LogP contribution in [-0.4, -0.2) is 14.8 Å². The smallest absolute Gasteiger partial charge is 0.0934 e. The van der Waals surface area contributed by atoms with Gasteiger partial charge in [0.05, 0.1) is 22.6 Å². The van der Waals surface area contributed by atoms with E-state index in [0.29, 0.717) is 0 Å². The van der Waals surface area contributed by atoms with E-state index in [1.807, 2.05) is 47.3 Å². The summed E-state index contributed by atoms with van der Waals surface area (Å²) in [5.41, 5.74) is 6.28. The lowest BCUT2D eigenvalue weighted by atomic mass is 10.1. The number of fused-ring (bicyclic) bond motifs is 1. The summed E-state index contributed by atoms with van der Waals surface area (Å²) in [6.07, 6.45) is 1.82. The third-order valence-electron chi connectivity index (χ3n) is 4.68. The average Bonchev–Trinajstić information content (AvgIpc) is 3.20. The minimum Gasteiger partial charge on any atom is -0.256 e. The summed E-state index contributed by atoms with van der Waals surface area (Å²) in [5.74, 6) is 0. The molecule has 128 valence electrons. The van der Waals surface area contributed by atoms with Crippen LogP contribution in [0, 0.1) is 0 Å². The summed E-state index contributed by atoms with van der Waals surface area (Å²) >= 11 is 0. The van der Waals surface area contributed by atoms with E-state index in [0.717, 1.165) is 39.1 Å². The normalized spacial score (nSPS) is 11.0. The van der Waals surface area contributed by atoms with Crippen LogP contribution in [-0.2, 0) is 0 Å². The molecule has 27 heavy (non-hydrogen) atoms. The number of pyridine rings is 1. The fourth-order valence-electron chi connectivity index (χ4n) is 3.34. The molecule has 0 saturated heterocycles. The van der Waals surface area contributed by atoms with Crippen LogP contribution in [0.3, 0.4) is 0 Å². The van der Waals surface area contributed by atoms with Gasteiger partial charge in [-0.05, 0) is 30.3 Å². The Morgan fingerprint density at radius 3 is 2.15 bits per heavy atom. The Labute approximate surface area is 157 Å². The van der Waals surface area contributed by atoms with Crippen molar-refractivity contribution in [3.63, 3.8) is 0 Å². The van der Waals surface area contributed by atoms with Gasteiger partial charge in [-0.15, -0.1) is 0 Å². The van der Waals surface area contributed by atoms with Crippen molar-refractivity contribution in [2.24, 2.45) is 0 Å². The Morgan fingerprint density at radius 2 is 1.37 bits per heavy atom. The molecule has 2 heterocycles. The summed E-state index contributed by atoms with van der Waals surface area (Å²) in [6.45, 7) is 0. The SMILES string of the molecule is c1ccc(-c2cc(-c3ccccc3)n(-c3ccc4ncccc4c3)n2)cc1. The van der Waals surface area contributed by atoms with Crippen molar-refractivity contribution in [3.8, 4) is 28.2 Å². The van der Waals surface area contributed by atoms with E-state index in [9.17, 15) is 0 Å². The molecule has 2 aromatic heterocycles.